The van der Waals surface area contributed by atoms with E-state index in [0.717, 1.165) is 23.3 Å². The van der Waals surface area contributed by atoms with Crippen LogP contribution in [0.5, 0.6) is 0 Å². The van der Waals surface area contributed by atoms with E-state index in [2.05, 4.69) is 11.4 Å². The van der Waals surface area contributed by atoms with Crippen LogP contribution in [-0.2, 0) is 14.6 Å². The monoisotopic (exact) mass is 367 g/mol. The number of carbonyl (C=O) groups excluding carboxylic acids is 1. The molecule has 1 unspecified atom stereocenters. The highest BCUT2D eigenvalue weighted by Crippen LogP contribution is 2.37. The average Bonchev–Trinajstić information content (AvgIpc) is 3.30. The lowest BCUT2D eigenvalue weighted by Gasteiger charge is -2.35. The second kappa shape index (κ2) is 6.47. The lowest BCUT2D eigenvalue weighted by atomic mass is 10.1. The maximum Gasteiger partial charge on any atom is 0.239 e. The molecule has 1 saturated heterocycles. The molecule has 6 nitrogen and oxygen atoms in total. The molecule has 1 aliphatic carbocycles. The van der Waals surface area contributed by atoms with E-state index < -0.39 is 9.84 Å². The van der Waals surface area contributed by atoms with E-state index >= 15 is 0 Å². The van der Waals surface area contributed by atoms with E-state index in [1.807, 2.05) is 18.7 Å². The van der Waals surface area contributed by atoms with Crippen LogP contribution in [0.2, 0.25) is 0 Å². The van der Waals surface area contributed by atoms with Gasteiger partial charge in [0.25, 0.3) is 0 Å². The predicted molar refractivity (Wildman–Crippen MR) is 93.9 cm³/mol. The molecule has 8 heteroatoms. The lowest BCUT2D eigenvalue weighted by Crippen LogP contribution is -2.52. The van der Waals surface area contributed by atoms with Crippen LogP contribution in [0, 0.1) is 31.1 Å². The molecule has 130 valence electrons. The fraction of sp³-hybridized carbons (Fsp3) is 0.625. The zero-order valence-electron chi connectivity index (χ0n) is 13.8. The Morgan fingerprint density at radius 2 is 2.12 bits per heavy atom. The molecule has 1 aromatic rings. The molecule has 1 N–H and O–H groups in total. The van der Waals surface area contributed by atoms with Crippen molar-refractivity contribution >= 4 is 32.1 Å². The number of amides is 1. The minimum Gasteiger partial charge on any atom is -0.315 e. The highest BCUT2D eigenvalue weighted by atomic mass is 32.2. The molecule has 2 heterocycles. The first-order valence-corrected chi connectivity index (χ1v) is 10.7. The van der Waals surface area contributed by atoms with Gasteiger partial charge in [0.1, 0.15) is 11.1 Å². The highest BCUT2D eigenvalue weighted by Gasteiger charge is 2.41. The van der Waals surface area contributed by atoms with Crippen molar-refractivity contribution in [1.29, 1.82) is 5.26 Å². The van der Waals surface area contributed by atoms with Crippen molar-refractivity contribution in [3.63, 3.8) is 0 Å². The third-order valence-electron chi connectivity index (χ3n) is 4.85. The number of nitrogens with zero attached hydrogens (tertiary/aromatic N) is 2. The van der Waals surface area contributed by atoms with Crippen LogP contribution in [0.3, 0.4) is 0 Å². The summed E-state index contributed by atoms with van der Waals surface area (Å²) in [6, 6.07) is 2.10. The van der Waals surface area contributed by atoms with Crippen molar-refractivity contribution in [2.45, 2.75) is 32.7 Å². The van der Waals surface area contributed by atoms with Gasteiger partial charge in [-0.2, -0.15) is 5.26 Å². The Labute approximate surface area is 146 Å². The number of hydrogen-bond acceptors (Lipinski definition) is 6. The zero-order valence-corrected chi connectivity index (χ0v) is 15.5. The second-order valence-corrected chi connectivity index (χ2v) is 10.1. The van der Waals surface area contributed by atoms with E-state index in [1.54, 1.807) is 0 Å². The Morgan fingerprint density at radius 3 is 2.75 bits per heavy atom. The molecule has 1 saturated carbocycles. The largest absolute Gasteiger partial charge is 0.315 e. The lowest BCUT2D eigenvalue weighted by molar-refractivity contribution is -0.117. The fourth-order valence-electron chi connectivity index (χ4n) is 3.18. The summed E-state index contributed by atoms with van der Waals surface area (Å²) in [6.45, 7) is 4.38. The Morgan fingerprint density at radius 1 is 1.42 bits per heavy atom. The van der Waals surface area contributed by atoms with Crippen LogP contribution in [0.25, 0.3) is 0 Å². The second-order valence-electron chi connectivity index (χ2n) is 6.64. The quantitative estimate of drug-likeness (QED) is 0.874. The number of nitrogens with one attached hydrogen (secondary N) is 1. The SMILES string of the molecule is Cc1sc(NC(=O)CN2CCS(=O)(=O)CC2C2CC2)c(C#N)c1C. The van der Waals surface area contributed by atoms with Crippen LogP contribution in [-0.4, -0.2) is 49.9 Å². The summed E-state index contributed by atoms with van der Waals surface area (Å²) in [4.78, 5) is 15.4. The Kier molecular flexibility index (Phi) is 4.69. The molecular weight excluding hydrogens is 346 g/mol. The molecule has 0 bridgehead atoms. The van der Waals surface area contributed by atoms with Gasteiger partial charge in [0.15, 0.2) is 9.84 Å². The number of aryl methyl sites for hydroxylation is 1. The molecular formula is C16H21N3O3S2. The standard InChI is InChI=1S/C16H21N3O3S2/c1-10-11(2)23-16(13(10)7-17)18-15(20)8-19-5-6-24(21,22)9-14(19)12-3-4-12/h12,14H,3-6,8-9H2,1-2H3,(H,18,20). The normalized spacial score (nSPS) is 23.6. The van der Waals surface area contributed by atoms with Gasteiger partial charge in [-0.05, 0) is 38.2 Å². The smallest absolute Gasteiger partial charge is 0.239 e. The Balaban J connectivity index is 1.68. The number of anilines is 1. The molecule has 1 atom stereocenters. The van der Waals surface area contributed by atoms with Crippen molar-refractivity contribution in [3.8, 4) is 6.07 Å². The van der Waals surface area contributed by atoms with Crippen molar-refractivity contribution in [1.82, 2.24) is 4.90 Å². The summed E-state index contributed by atoms with van der Waals surface area (Å²) in [5, 5.41) is 12.7. The summed E-state index contributed by atoms with van der Waals surface area (Å²) in [5.41, 5.74) is 1.42. The van der Waals surface area contributed by atoms with Gasteiger partial charge in [-0.3, -0.25) is 9.69 Å². The predicted octanol–water partition coefficient (Wildman–Crippen LogP) is 1.68. The number of hydrogen-bond donors (Lipinski definition) is 1. The molecule has 0 spiro atoms. The fourth-order valence-corrected chi connectivity index (χ4v) is 5.89. The third-order valence-corrected chi connectivity index (χ3v) is 7.62. The summed E-state index contributed by atoms with van der Waals surface area (Å²) in [6.07, 6.45) is 2.08. The molecule has 1 aliphatic heterocycles. The third kappa shape index (κ3) is 3.63. The topological polar surface area (TPSA) is 90.3 Å². The van der Waals surface area contributed by atoms with E-state index in [4.69, 9.17) is 0 Å². The van der Waals surface area contributed by atoms with Gasteiger partial charge in [0.2, 0.25) is 5.91 Å². The maximum absolute atomic E-state index is 12.4. The van der Waals surface area contributed by atoms with Crippen molar-refractivity contribution in [3.05, 3.63) is 16.0 Å². The van der Waals surface area contributed by atoms with E-state index in [1.165, 1.54) is 11.3 Å². The number of nitriles is 1. The summed E-state index contributed by atoms with van der Waals surface area (Å²) in [5.74, 6) is 0.488. The van der Waals surface area contributed by atoms with Gasteiger partial charge in [-0.25, -0.2) is 8.42 Å². The van der Waals surface area contributed by atoms with Crippen LogP contribution in [0.1, 0.15) is 28.8 Å². The van der Waals surface area contributed by atoms with Crippen LogP contribution >= 0.6 is 11.3 Å². The van der Waals surface area contributed by atoms with Crippen molar-refractivity contribution in [2.24, 2.45) is 5.92 Å². The van der Waals surface area contributed by atoms with Crippen LogP contribution < -0.4 is 5.32 Å². The van der Waals surface area contributed by atoms with Crippen LogP contribution in [0.15, 0.2) is 0 Å². The molecule has 1 aromatic heterocycles. The maximum atomic E-state index is 12.4. The average molecular weight is 367 g/mol. The number of thiophene rings is 1. The number of carbonyl (C=O) groups is 1. The molecule has 0 aromatic carbocycles. The van der Waals surface area contributed by atoms with Gasteiger partial charge in [-0.1, -0.05) is 0 Å². The van der Waals surface area contributed by atoms with E-state index in [0.29, 0.717) is 23.0 Å². The van der Waals surface area contributed by atoms with Gasteiger partial charge < -0.3 is 5.32 Å². The minimum absolute atomic E-state index is 0.0447. The Hall–Kier alpha value is -1.43. The molecule has 2 fully saturated rings. The van der Waals surface area contributed by atoms with Gasteiger partial charge in [0, 0.05) is 17.5 Å². The summed E-state index contributed by atoms with van der Waals surface area (Å²) >= 11 is 1.41. The Bertz CT molecular complexity index is 803. The van der Waals surface area contributed by atoms with Gasteiger partial charge in [-0.15, -0.1) is 11.3 Å². The van der Waals surface area contributed by atoms with Gasteiger partial charge in [0.05, 0.1) is 23.6 Å². The number of rotatable bonds is 4. The summed E-state index contributed by atoms with van der Waals surface area (Å²) in [7, 11) is -2.99. The van der Waals surface area contributed by atoms with Gasteiger partial charge >= 0.3 is 0 Å². The van der Waals surface area contributed by atoms with Crippen molar-refractivity contribution in [2.75, 3.05) is 29.9 Å². The van der Waals surface area contributed by atoms with Crippen molar-refractivity contribution < 1.29 is 13.2 Å². The molecule has 2 aliphatic rings. The first-order chi connectivity index (χ1) is 11.3. The van der Waals surface area contributed by atoms with E-state index in [9.17, 15) is 18.5 Å². The molecule has 0 radical (unpaired) electrons. The summed E-state index contributed by atoms with van der Waals surface area (Å²) < 4.78 is 23.8. The minimum atomic E-state index is -2.99. The molecule has 3 rings (SSSR count). The highest BCUT2D eigenvalue weighted by molar-refractivity contribution is 7.91. The first kappa shape index (κ1) is 17.4. The zero-order chi connectivity index (χ0) is 17.5. The van der Waals surface area contributed by atoms with Crippen LogP contribution in [0.4, 0.5) is 5.00 Å². The van der Waals surface area contributed by atoms with E-state index in [-0.39, 0.29) is 30.0 Å². The first-order valence-electron chi connectivity index (χ1n) is 8.05. The molecule has 24 heavy (non-hydrogen) atoms. The molecule has 1 amide bonds. The number of sulfone groups is 1.